The van der Waals surface area contributed by atoms with Crippen LogP contribution in [0.4, 0.5) is 10.2 Å². The summed E-state index contributed by atoms with van der Waals surface area (Å²) in [6.07, 6.45) is 9.65. The van der Waals surface area contributed by atoms with Crippen LogP contribution >= 0.6 is 11.6 Å². The first-order chi connectivity index (χ1) is 13.0. The van der Waals surface area contributed by atoms with Crippen molar-refractivity contribution < 1.29 is 9.18 Å². The number of carbonyl (C=O) groups is 1. The molecule has 1 aliphatic carbocycles. The predicted octanol–water partition coefficient (Wildman–Crippen LogP) is 1.95. The molecule has 0 saturated heterocycles. The average Bonchev–Trinajstić information content (AvgIpc) is 3.07. The van der Waals surface area contributed by atoms with Crippen molar-refractivity contribution in [1.82, 2.24) is 20.6 Å². The van der Waals surface area contributed by atoms with E-state index >= 15 is 0 Å². The van der Waals surface area contributed by atoms with Crippen LogP contribution in [0.15, 0.2) is 35.3 Å². The first kappa shape index (κ1) is 17.8. The number of carbonyl (C=O) groups excluding carboxylic acids is 1. The zero-order valence-electron chi connectivity index (χ0n) is 14.5. The number of nitrogens with one attached hydrogen (secondary N) is 3. The standard InChI is InChI=1S/C18H20ClFN6O/c19-9-5-11-12(7-23-16(11)22-6-9)17-24-8-13(20)18(26-17)25-14-4-2-1-3-10(14)15(21)27/h5-8,10,14,16,22-23H,1-4H2,(H2,21,27)(H,24,25,26)/t10-,14?,16?/m0/s1. The van der Waals surface area contributed by atoms with E-state index in [1.165, 1.54) is 0 Å². The number of amides is 1. The lowest BCUT2D eigenvalue weighted by molar-refractivity contribution is -0.122. The van der Waals surface area contributed by atoms with Crippen LogP contribution in [0.3, 0.4) is 0 Å². The molecule has 2 aliphatic heterocycles. The highest BCUT2D eigenvalue weighted by atomic mass is 35.5. The van der Waals surface area contributed by atoms with Gasteiger partial charge in [-0.1, -0.05) is 24.4 Å². The molecule has 1 saturated carbocycles. The Balaban J connectivity index is 1.61. The monoisotopic (exact) mass is 390 g/mol. The lowest BCUT2D eigenvalue weighted by Crippen LogP contribution is -2.41. The number of hydrogen-bond donors (Lipinski definition) is 4. The maximum Gasteiger partial charge on any atom is 0.222 e. The number of halogens is 2. The summed E-state index contributed by atoms with van der Waals surface area (Å²) in [5, 5.41) is 9.92. The van der Waals surface area contributed by atoms with E-state index < -0.39 is 5.82 Å². The summed E-state index contributed by atoms with van der Waals surface area (Å²) in [6, 6.07) is -0.232. The molecule has 9 heteroatoms. The van der Waals surface area contributed by atoms with Crippen molar-refractivity contribution in [3.8, 4) is 0 Å². The second kappa shape index (κ2) is 7.19. The number of anilines is 1. The lowest BCUT2D eigenvalue weighted by atomic mass is 9.84. The van der Waals surface area contributed by atoms with E-state index in [1.54, 1.807) is 12.4 Å². The second-order valence-electron chi connectivity index (χ2n) is 6.89. The van der Waals surface area contributed by atoms with Crippen molar-refractivity contribution in [1.29, 1.82) is 0 Å². The summed E-state index contributed by atoms with van der Waals surface area (Å²) in [4.78, 5) is 20.2. The third kappa shape index (κ3) is 3.49. The molecule has 3 atom stereocenters. The number of allylic oxidation sites excluding steroid dienone is 2. The molecule has 142 valence electrons. The van der Waals surface area contributed by atoms with Crippen LogP contribution in [0.5, 0.6) is 0 Å². The number of dihydropyridines is 1. The molecule has 1 aromatic heterocycles. The number of nitrogens with zero attached hydrogens (tertiary/aromatic N) is 2. The van der Waals surface area contributed by atoms with Crippen molar-refractivity contribution in [3.63, 3.8) is 0 Å². The van der Waals surface area contributed by atoms with Gasteiger partial charge in [-0.2, -0.15) is 0 Å². The maximum atomic E-state index is 14.3. The molecular weight excluding hydrogens is 371 g/mol. The Bertz CT molecular complexity index is 867. The molecule has 0 spiro atoms. The number of fused-ring (bicyclic) bond motifs is 1. The first-order valence-corrected chi connectivity index (χ1v) is 9.29. The van der Waals surface area contributed by atoms with E-state index in [4.69, 9.17) is 17.3 Å². The lowest BCUT2D eigenvalue weighted by Gasteiger charge is -2.30. The van der Waals surface area contributed by atoms with E-state index in [-0.39, 0.29) is 29.9 Å². The molecule has 5 N–H and O–H groups in total. The summed E-state index contributed by atoms with van der Waals surface area (Å²) in [7, 11) is 0. The number of hydrogen-bond acceptors (Lipinski definition) is 6. The van der Waals surface area contributed by atoms with Gasteiger partial charge in [0.1, 0.15) is 6.17 Å². The zero-order valence-corrected chi connectivity index (χ0v) is 15.3. The minimum Gasteiger partial charge on any atom is -0.369 e. The third-order valence-electron chi connectivity index (χ3n) is 5.14. The topological polar surface area (TPSA) is 105 Å². The van der Waals surface area contributed by atoms with Crippen molar-refractivity contribution in [3.05, 3.63) is 46.9 Å². The SMILES string of the molecule is NC(=O)[C@H]1CCCCC1Nc1nc(C2=CNC3NC=C(Cl)C=C23)ncc1F. The van der Waals surface area contributed by atoms with Crippen LogP contribution in [0.2, 0.25) is 0 Å². The molecule has 1 fully saturated rings. The van der Waals surface area contributed by atoms with E-state index in [2.05, 4.69) is 25.9 Å². The van der Waals surface area contributed by atoms with Gasteiger partial charge in [0.15, 0.2) is 17.5 Å². The molecule has 1 amide bonds. The molecule has 7 nitrogen and oxygen atoms in total. The van der Waals surface area contributed by atoms with Gasteiger partial charge in [-0.05, 0) is 18.9 Å². The summed E-state index contributed by atoms with van der Waals surface area (Å²) in [5.41, 5.74) is 7.13. The minimum absolute atomic E-state index is 0.0773. The summed E-state index contributed by atoms with van der Waals surface area (Å²) in [5.74, 6) is -0.813. The summed E-state index contributed by atoms with van der Waals surface area (Å²) >= 11 is 6.08. The Labute approximate surface area is 161 Å². The largest absolute Gasteiger partial charge is 0.369 e. The van der Waals surface area contributed by atoms with Crippen LogP contribution in [0.25, 0.3) is 5.57 Å². The molecular formula is C18H20ClFN6O. The van der Waals surface area contributed by atoms with E-state index in [1.807, 2.05) is 6.08 Å². The van der Waals surface area contributed by atoms with Crippen LogP contribution in [-0.4, -0.2) is 28.1 Å². The Morgan fingerprint density at radius 3 is 2.89 bits per heavy atom. The highest BCUT2D eigenvalue weighted by Gasteiger charge is 2.31. The first-order valence-electron chi connectivity index (χ1n) is 8.91. The second-order valence-corrected chi connectivity index (χ2v) is 7.32. The van der Waals surface area contributed by atoms with Gasteiger partial charge in [0, 0.05) is 29.6 Å². The molecule has 0 radical (unpaired) electrons. The number of nitrogens with two attached hydrogens (primary N) is 1. The van der Waals surface area contributed by atoms with Gasteiger partial charge in [-0.25, -0.2) is 14.4 Å². The van der Waals surface area contributed by atoms with Gasteiger partial charge >= 0.3 is 0 Å². The van der Waals surface area contributed by atoms with Crippen LogP contribution in [0, 0.1) is 11.7 Å². The summed E-state index contributed by atoms with van der Waals surface area (Å²) < 4.78 is 14.3. The van der Waals surface area contributed by atoms with Crippen LogP contribution < -0.4 is 21.7 Å². The van der Waals surface area contributed by atoms with Crippen molar-refractivity contribution in [2.75, 3.05) is 5.32 Å². The number of primary amides is 1. The molecule has 2 unspecified atom stereocenters. The molecule has 3 heterocycles. The van der Waals surface area contributed by atoms with Crippen LogP contribution in [0.1, 0.15) is 31.5 Å². The van der Waals surface area contributed by atoms with Crippen molar-refractivity contribution in [2.45, 2.75) is 37.9 Å². The quantitative estimate of drug-likeness (QED) is 0.626. The molecule has 4 rings (SSSR count). The van der Waals surface area contributed by atoms with Crippen molar-refractivity contribution >= 4 is 28.9 Å². The predicted molar refractivity (Wildman–Crippen MR) is 101 cm³/mol. The Morgan fingerprint density at radius 1 is 1.30 bits per heavy atom. The normalized spacial score (nSPS) is 26.7. The molecule has 1 aromatic rings. The molecule has 0 bridgehead atoms. The fourth-order valence-electron chi connectivity index (χ4n) is 3.76. The molecule has 3 aliphatic rings. The zero-order chi connectivity index (χ0) is 19.0. The maximum absolute atomic E-state index is 14.3. The van der Waals surface area contributed by atoms with E-state index in [0.717, 1.165) is 36.6 Å². The molecule has 0 aromatic carbocycles. The number of rotatable bonds is 4. The number of aromatic nitrogens is 2. The Hall–Kier alpha value is -2.61. The van der Waals surface area contributed by atoms with Crippen LogP contribution in [-0.2, 0) is 4.79 Å². The van der Waals surface area contributed by atoms with Gasteiger partial charge in [-0.3, -0.25) is 4.79 Å². The Kier molecular flexibility index (Phi) is 4.73. The van der Waals surface area contributed by atoms with Gasteiger partial charge < -0.3 is 21.7 Å². The van der Waals surface area contributed by atoms with Gasteiger partial charge in [0.2, 0.25) is 5.91 Å². The average molecular weight is 391 g/mol. The highest BCUT2D eigenvalue weighted by Crippen LogP contribution is 2.32. The van der Waals surface area contributed by atoms with Gasteiger partial charge in [0.05, 0.1) is 17.1 Å². The van der Waals surface area contributed by atoms with Crippen molar-refractivity contribution in [2.24, 2.45) is 11.7 Å². The Morgan fingerprint density at radius 2 is 2.07 bits per heavy atom. The fourth-order valence-corrected chi connectivity index (χ4v) is 3.94. The van der Waals surface area contributed by atoms with Gasteiger partial charge in [-0.15, -0.1) is 0 Å². The molecule has 27 heavy (non-hydrogen) atoms. The summed E-state index contributed by atoms with van der Waals surface area (Å²) in [6.45, 7) is 0. The third-order valence-corrected chi connectivity index (χ3v) is 5.35. The van der Waals surface area contributed by atoms with E-state index in [0.29, 0.717) is 17.3 Å². The minimum atomic E-state index is -0.565. The highest BCUT2D eigenvalue weighted by molar-refractivity contribution is 6.31. The van der Waals surface area contributed by atoms with E-state index in [9.17, 15) is 9.18 Å². The smallest absolute Gasteiger partial charge is 0.222 e. The fraction of sp³-hybridized carbons (Fsp3) is 0.389. The van der Waals surface area contributed by atoms with Gasteiger partial charge in [0.25, 0.3) is 0 Å².